The van der Waals surface area contributed by atoms with E-state index in [1.165, 1.54) is 12.3 Å². The molecule has 29 heavy (non-hydrogen) atoms. The molecule has 0 saturated heterocycles. The third kappa shape index (κ3) is 5.04. The quantitative estimate of drug-likeness (QED) is 0.461. The number of ether oxygens (including phenoxy) is 1. The summed E-state index contributed by atoms with van der Waals surface area (Å²) < 4.78 is 19.6. The van der Waals surface area contributed by atoms with Crippen molar-refractivity contribution in [3.63, 3.8) is 0 Å². The summed E-state index contributed by atoms with van der Waals surface area (Å²) in [6.07, 6.45) is 1.43. The van der Waals surface area contributed by atoms with Crippen LogP contribution in [0.2, 0.25) is 0 Å². The summed E-state index contributed by atoms with van der Waals surface area (Å²) in [5.74, 6) is 1.07. The van der Waals surface area contributed by atoms with E-state index < -0.39 is 0 Å². The summed E-state index contributed by atoms with van der Waals surface area (Å²) in [5.41, 5.74) is 2.20. The fraction of sp³-hybridized carbons (Fsp3) is 0.0455. The first-order chi connectivity index (χ1) is 14.3. The highest BCUT2D eigenvalue weighted by atomic mass is 19.1. The van der Waals surface area contributed by atoms with Crippen molar-refractivity contribution in [1.82, 2.24) is 15.2 Å². The first kappa shape index (κ1) is 18.4. The normalized spacial score (nSPS) is 10.4. The van der Waals surface area contributed by atoms with E-state index in [4.69, 9.17) is 4.74 Å². The van der Waals surface area contributed by atoms with Crippen LogP contribution in [0.4, 0.5) is 27.5 Å². The summed E-state index contributed by atoms with van der Waals surface area (Å²) in [6.45, 7) is 0.504. The van der Waals surface area contributed by atoms with Gasteiger partial charge in [-0.2, -0.15) is 10.1 Å². The van der Waals surface area contributed by atoms with Crippen molar-refractivity contribution >= 4 is 23.1 Å². The van der Waals surface area contributed by atoms with Crippen molar-refractivity contribution in [2.75, 3.05) is 10.6 Å². The topological polar surface area (TPSA) is 72.0 Å². The third-order valence-electron chi connectivity index (χ3n) is 4.05. The van der Waals surface area contributed by atoms with Crippen molar-refractivity contribution in [2.45, 2.75) is 6.61 Å². The molecule has 0 unspecified atom stereocenters. The van der Waals surface area contributed by atoms with Gasteiger partial charge in [-0.3, -0.25) is 0 Å². The lowest BCUT2D eigenvalue weighted by atomic mass is 10.2. The molecule has 0 bridgehead atoms. The summed E-state index contributed by atoms with van der Waals surface area (Å²) in [6, 6.07) is 23.8. The number of nitrogens with zero attached hydrogens (tertiary/aromatic N) is 3. The summed E-state index contributed by atoms with van der Waals surface area (Å²) in [7, 11) is 0. The second kappa shape index (κ2) is 8.79. The fourth-order valence-electron chi connectivity index (χ4n) is 2.62. The highest BCUT2D eigenvalue weighted by Gasteiger charge is 2.05. The minimum atomic E-state index is -0.369. The van der Waals surface area contributed by atoms with Crippen LogP contribution in [0.3, 0.4) is 0 Å². The zero-order chi connectivity index (χ0) is 19.9. The lowest BCUT2D eigenvalue weighted by Gasteiger charge is -2.09. The van der Waals surface area contributed by atoms with Gasteiger partial charge in [0.25, 0.3) is 0 Å². The van der Waals surface area contributed by atoms with Crippen molar-refractivity contribution < 1.29 is 9.13 Å². The lowest BCUT2D eigenvalue weighted by molar-refractivity contribution is 0.306. The van der Waals surface area contributed by atoms with Crippen LogP contribution in [0.25, 0.3) is 0 Å². The molecule has 3 aromatic carbocycles. The number of aromatic nitrogens is 3. The van der Waals surface area contributed by atoms with Gasteiger partial charge in [0.05, 0.1) is 11.9 Å². The molecule has 1 heterocycles. The van der Waals surface area contributed by atoms with E-state index in [0.717, 1.165) is 17.0 Å². The van der Waals surface area contributed by atoms with Gasteiger partial charge in [-0.05, 0) is 42.0 Å². The average molecular weight is 387 g/mol. The number of anilines is 4. The molecule has 0 saturated carbocycles. The van der Waals surface area contributed by atoms with Crippen molar-refractivity contribution in [2.24, 2.45) is 0 Å². The van der Waals surface area contributed by atoms with Gasteiger partial charge in [-0.1, -0.05) is 42.5 Å². The highest BCUT2D eigenvalue weighted by Crippen LogP contribution is 2.21. The number of nitrogens with one attached hydrogen (secondary N) is 2. The maximum atomic E-state index is 13.8. The second-order valence-electron chi connectivity index (χ2n) is 6.19. The van der Waals surface area contributed by atoms with Gasteiger partial charge in [0.15, 0.2) is 5.82 Å². The molecule has 0 fully saturated rings. The van der Waals surface area contributed by atoms with E-state index in [1.54, 1.807) is 18.2 Å². The van der Waals surface area contributed by atoms with Gasteiger partial charge in [-0.15, -0.1) is 5.10 Å². The van der Waals surface area contributed by atoms with Gasteiger partial charge in [-0.25, -0.2) is 4.39 Å². The Bertz CT molecular complexity index is 1070. The number of halogens is 1. The lowest BCUT2D eigenvalue weighted by Crippen LogP contribution is -2.03. The summed E-state index contributed by atoms with van der Waals surface area (Å²) >= 11 is 0. The number of para-hydroxylation sites is 1. The number of benzene rings is 3. The number of rotatable bonds is 7. The molecule has 6 nitrogen and oxygen atoms in total. The van der Waals surface area contributed by atoms with E-state index in [9.17, 15) is 4.39 Å². The molecule has 0 spiro atoms. The van der Waals surface area contributed by atoms with Crippen LogP contribution in [0.1, 0.15) is 5.56 Å². The second-order valence-corrected chi connectivity index (χ2v) is 6.19. The molecule has 4 aromatic rings. The predicted octanol–water partition coefficient (Wildman–Crippen LogP) is 5.08. The molecule has 0 aliphatic heterocycles. The van der Waals surface area contributed by atoms with Crippen LogP contribution in [0.5, 0.6) is 5.75 Å². The van der Waals surface area contributed by atoms with E-state index in [1.807, 2.05) is 54.6 Å². The third-order valence-corrected chi connectivity index (χ3v) is 4.05. The SMILES string of the molecule is Fc1ccccc1Nc1cnnc(Nc2ccc(OCc3ccccc3)cc2)n1. The number of hydrogen-bond donors (Lipinski definition) is 2. The van der Waals surface area contributed by atoms with Gasteiger partial charge in [0.2, 0.25) is 5.95 Å². The largest absolute Gasteiger partial charge is 0.489 e. The molecule has 2 N–H and O–H groups in total. The molecule has 144 valence electrons. The maximum Gasteiger partial charge on any atom is 0.249 e. The molecule has 1 aromatic heterocycles. The average Bonchev–Trinajstić information content (AvgIpc) is 2.76. The standard InChI is InChI=1S/C22H18FN5O/c23-19-8-4-5-9-20(19)26-21-14-24-28-22(27-21)25-17-10-12-18(13-11-17)29-15-16-6-2-1-3-7-16/h1-14H,15H2,(H2,25,26,27,28). The van der Waals surface area contributed by atoms with Crippen LogP contribution >= 0.6 is 0 Å². The Kier molecular flexibility index (Phi) is 5.57. The Morgan fingerprint density at radius 2 is 1.59 bits per heavy atom. The van der Waals surface area contributed by atoms with Crippen LogP contribution < -0.4 is 15.4 Å². The van der Waals surface area contributed by atoms with Gasteiger partial charge in [0, 0.05) is 5.69 Å². The Morgan fingerprint density at radius 1 is 0.828 bits per heavy atom. The van der Waals surface area contributed by atoms with E-state index in [0.29, 0.717) is 24.1 Å². The Labute approximate surface area is 167 Å². The van der Waals surface area contributed by atoms with E-state index in [-0.39, 0.29) is 5.82 Å². The van der Waals surface area contributed by atoms with Gasteiger partial charge < -0.3 is 15.4 Å². The first-order valence-corrected chi connectivity index (χ1v) is 9.01. The molecule has 0 aliphatic rings. The molecular formula is C22H18FN5O. The Balaban J connectivity index is 1.38. The highest BCUT2D eigenvalue weighted by molar-refractivity contribution is 5.59. The molecule has 0 amide bonds. The van der Waals surface area contributed by atoms with Crippen molar-refractivity contribution in [3.05, 3.63) is 96.4 Å². The van der Waals surface area contributed by atoms with E-state index >= 15 is 0 Å². The number of hydrogen-bond acceptors (Lipinski definition) is 6. The summed E-state index contributed by atoms with van der Waals surface area (Å²) in [5, 5.41) is 13.8. The maximum absolute atomic E-state index is 13.8. The van der Waals surface area contributed by atoms with Crippen molar-refractivity contribution in [3.8, 4) is 5.75 Å². The summed E-state index contributed by atoms with van der Waals surface area (Å²) in [4.78, 5) is 4.31. The van der Waals surface area contributed by atoms with Crippen molar-refractivity contribution in [1.29, 1.82) is 0 Å². The monoisotopic (exact) mass is 387 g/mol. The first-order valence-electron chi connectivity index (χ1n) is 9.01. The van der Waals surface area contributed by atoms with Crippen LogP contribution in [-0.4, -0.2) is 15.2 Å². The zero-order valence-corrected chi connectivity index (χ0v) is 15.4. The molecule has 4 rings (SSSR count). The van der Waals surface area contributed by atoms with Crippen LogP contribution in [0.15, 0.2) is 85.1 Å². The predicted molar refractivity (Wildman–Crippen MR) is 110 cm³/mol. The van der Waals surface area contributed by atoms with Crippen LogP contribution in [-0.2, 0) is 6.61 Å². The van der Waals surface area contributed by atoms with Crippen LogP contribution in [0, 0.1) is 5.82 Å². The molecule has 0 radical (unpaired) electrons. The molecule has 0 aliphatic carbocycles. The van der Waals surface area contributed by atoms with E-state index in [2.05, 4.69) is 25.8 Å². The van der Waals surface area contributed by atoms with Gasteiger partial charge >= 0.3 is 0 Å². The molecule has 7 heteroatoms. The minimum Gasteiger partial charge on any atom is -0.489 e. The van der Waals surface area contributed by atoms with Gasteiger partial charge in [0.1, 0.15) is 18.2 Å². The molecule has 0 atom stereocenters. The minimum absolute atomic E-state index is 0.296. The zero-order valence-electron chi connectivity index (χ0n) is 15.4. The Morgan fingerprint density at radius 3 is 2.38 bits per heavy atom. The Hall–Kier alpha value is -4.00. The smallest absolute Gasteiger partial charge is 0.249 e. The fourth-order valence-corrected chi connectivity index (χ4v) is 2.62. The molecular weight excluding hydrogens is 369 g/mol.